The van der Waals surface area contributed by atoms with Crippen LogP contribution in [0.15, 0.2) is 12.3 Å². The van der Waals surface area contributed by atoms with Crippen LogP contribution < -0.4 is 0 Å². The van der Waals surface area contributed by atoms with Crippen molar-refractivity contribution < 1.29 is 9.53 Å². The van der Waals surface area contributed by atoms with Gasteiger partial charge in [0.15, 0.2) is 0 Å². The molecule has 0 radical (unpaired) electrons. The molecule has 1 aromatic rings. The number of methoxy groups -OCH3 is 1. The number of carbonyl (C=O) groups excluding carboxylic acids is 1. The highest BCUT2D eigenvalue weighted by molar-refractivity contribution is 6.17. The fourth-order valence-corrected chi connectivity index (χ4v) is 1.20. The van der Waals surface area contributed by atoms with Crippen molar-refractivity contribution >= 4 is 30.0 Å². The molecular weight excluding hydrogens is 225 g/mol. The molecule has 1 heterocycles. The van der Waals surface area contributed by atoms with Crippen molar-refractivity contribution in [3.63, 3.8) is 0 Å². The van der Waals surface area contributed by atoms with Gasteiger partial charge in [0.2, 0.25) is 0 Å². The fourth-order valence-electron chi connectivity index (χ4n) is 0.991. The number of halogens is 2. The van der Waals surface area contributed by atoms with Crippen LogP contribution in [-0.4, -0.2) is 18.1 Å². The molecule has 0 atom stereocenters. The van der Waals surface area contributed by atoms with E-state index in [1.54, 1.807) is 12.3 Å². The van der Waals surface area contributed by atoms with Gasteiger partial charge in [-0.1, -0.05) is 0 Å². The standard InChI is InChI=1S/C9H10ClNO2.ClH/c1-6-3-7(9(12)13-2)8(4-10)11-5-6;/h3,5H,4H2,1-2H3;1H. The van der Waals surface area contributed by atoms with Crippen molar-refractivity contribution in [3.8, 4) is 0 Å². The van der Waals surface area contributed by atoms with Crippen LogP contribution in [0.1, 0.15) is 21.6 Å². The Morgan fingerprint density at radius 2 is 2.29 bits per heavy atom. The summed E-state index contributed by atoms with van der Waals surface area (Å²) in [5, 5.41) is 0. The van der Waals surface area contributed by atoms with E-state index in [-0.39, 0.29) is 18.3 Å². The molecule has 0 aliphatic carbocycles. The van der Waals surface area contributed by atoms with Gasteiger partial charge in [0.25, 0.3) is 0 Å². The number of alkyl halides is 1. The third-order valence-corrected chi connectivity index (χ3v) is 1.89. The highest BCUT2D eigenvalue weighted by Crippen LogP contribution is 2.11. The van der Waals surface area contributed by atoms with E-state index < -0.39 is 5.97 Å². The third kappa shape index (κ3) is 2.86. The quantitative estimate of drug-likeness (QED) is 0.584. The monoisotopic (exact) mass is 235 g/mol. The molecule has 0 bridgehead atoms. The van der Waals surface area contributed by atoms with Crippen molar-refractivity contribution in [2.24, 2.45) is 0 Å². The number of rotatable bonds is 2. The highest BCUT2D eigenvalue weighted by Gasteiger charge is 2.11. The maximum absolute atomic E-state index is 11.2. The maximum Gasteiger partial charge on any atom is 0.339 e. The van der Waals surface area contributed by atoms with Crippen molar-refractivity contribution in [3.05, 3.63) is 29.1 Å². The molecule has 1 rings (SSSR count). The molecule has 3 nitrogen and oxygen atoms in total. The Bertz CT molecular complexity index is 329. The molecule has 0 fully saturated rings. The average molecular weight is 236 g/mol. The maximum atomic E-state index is 11.2. The van der Waals surface area contributed by atoms with Crippen LogP contribution in [0.5, 0.6) is 0 Å². The average Bonchev–Trinajstić information content (AvgIpc) is 2.16. The van der Waals surface area contributed by atoms with E-state index in [0.29, 0.717) is 11.3 Å². The molecule has 0 saturated carbocycles. The lowest BCUT2D eigenvalue weighted by molar-refractivity contribution is 0.0599. The summed E-state index contributed by atoms with van der Waals surface area (Å²) in [7, 11) is 1.34. The minimum atomic E-state index is -0.396. The summed E-state index contributed by atoms with van der Waals surface area (Å²) >= 11 is 5.62. The Hall–Kier alpha value is -0.800. The summed E-state index contributed by atoms with van der Waals surface area (Å²) in [5.74, 6) is -0.183. The van der Waals surface area contributed by atoms with Crippen LogP contribution in [0.25, 0.3) is 0 Å². The largest absolute Gasteiger partial charge is 0.465 e. The molecule has 0 spiro atoms. The van der Waals surface area contributed by atoms with Crippen LogP contribution in [0.2, 0.25) is 0 Å². The normalized spacial score (nSPS) is 9.07. The van der Waals surface area contributed by atoms with E-state index >= 15 is 0 Å². The summed E-state index contributed by atoms with van der Waals surface area (Å²) in [6, 6.07) is 1.72. The van der Waals surface area contributed by atoms with E-state index in [4.69, 9.17) is 11.6 Å². The number of hydrogen-bond acceptors (Lipinski definition) is 3. The van der Waals surface area contributed by atoms with Crippen LogP contribution in [0.4, 0.5) is 0 Å². The zero-order chi connectivity index (χ0) is 9.84. The Kier molecular flexibility index (Phi) is 5.50. The number of pyridine rings is 1. The Morgan fingerprint density at radius 1 is 1.64 bits per heavy atom. The first-order valence-electron chi connectivity index (χ1n) is 3.79. The minimum absolute atomic E-state index is 0. The number of ether oxygens (including phenoxy) is 1. The van der Waals surface area contributed by atoms with Crippen LogP contribution in [0, 0.1) is 6.92 Å². The molecule has 14 heavy (non-hydrogen) atoms. The molecule has 1 aromatic heterocycles. The van der Waals surface area contributed by atoms with E-state index in [2.05, 4.69) is 9.72 Å². The number of aromatic nitrogens is 1. The van der Waals surface area contributed by atoms with Crippen molar-refractivity contribution in [1.82, 2.24) is 4.98 Å². The van der Waals surface area contributed by atoms with Gasteiger partial charge in [0, 0.05) is 6.20 Å². The smallest absolute Gasteiger partial charge is 0.339 e. The SMILES string of the molecule is COC(=O)c1cc(C)cnc1CCl.Cl. The molecule has 0 aliphatic rings. The molecular formula is C9H11Cl2NO2. The second kappa shape index (κ2) is 5.83. The lowest BCUT2D eigenvalue weighted by Gasteiger charge is -2.04. The summed E-state index contributed by atoms with van der Waals surface area (Å²) < 4.78 is 4.60. The summed E-state index contributed by atoms with van der Waals surface area (Å²) in [4.78, 5) is 15.3. The lowest BCUT2D eigenvalue weighted by Crippen LogP contribution is -2.06. The summed E-state index contributed by atoms with van der Waals surface area (Å²) in [6.45, 7) is 1.86. The Morgan fingerprint density at radius 3 is 2.79 bits per heavy atom. The summed E-state index contributed by atoms with van der Waals surface area (Å²) in [6.07, 6.45) is 1.67. The predicted molar refractivity (Wildman–Crippen MR) is 57.1 cm³/mol. The van der Waals surface area contributed by atoms with E-state index in [1.165, 1.54) is 7.11 Å². The second-order valence-electron chi connectivity index (χ2n) is 2.63. The van der Waals surface area contributed by atoms with E-state index in [0.717, 1.165) is 5.56 Å². The molecule has 5 heteroatoms. The van der Waals surface area contributed by atoms with Crippen LogP contribution in [0.3, 0.4) is 0 Å². The first-order chi connectivity index (χ1) is 6.19. The van der Waals surface area contributed by atoms with Gasteiger partial charge in [-0.2, -0.15) is 0 Å². The number of carbonyl (C=O) groups is 1. The van der Waals surface area contributed by atoms with Crippen molar-refractivity contribution in [2.45, 2.75) is 12.8 Å². The fraction of sp³-hybridized carbons (Fsp3) is 0.333. The van der Waals surface area contributed by atoms with E-state index in [9.17, 15) is 4.79 Å². The molecule has 78 valence electrons. The number of nitrogens with zero attached hydrogens (tertiary/aromatic N) is 1. The summed E-state index contributed by atoms with van der Waals surface area (Å²) in [5.41, 5.74) is 1.91. The second-order valence-corrected chi connectivity index (χ2v) is 2.90. The topological polar surface area (TPSA) is 39.2 Å². The number of esters is 1. The van der Waals surface area contributed by atoms with Gasteiger partial charge in [0.05, 0.1) is 24.2 Å². The number of aryl methyl sites for hydroxylation is 1. The molecule has 0 saturated heterocycles. The molecule has 0 amide bonds. The van der Waals surface area contributed by atoms with E-state index in [1.807, 2.05) is 6.92 Å². The zero-order valence-corrected chi connectivity index (χ0v) is 9.48. The first-order valence-corrected chi connectivity index (χ1v) is 4.32. The van der Waals surface area contributed by atoms with Crippen LogP contribution >= 0.6 is 24.0 Å². The Balaban J connectivity index is 0.00000169. The Labute approximate surface area is 93.8 Å². The first kappa shape index (κ1) is 13.2. The van der Waals surface area contributed by atoms with Gasteiger partial charge >= 0.3 is 5.97 Å². The molecule has 0 aliphatic heterocycles. The van der Waals surface area contributed by atoms with Gasteiger partial charge in [-0.25, -0.2) is 4.79 Å². The molecule has 0 aromatic carbocycles. The van der Waals surface area contributed by atoms with Crippen molar-refractivity contribution in [2.75, 3.05) is 7.11 Å². The van der Waals surface area contributed by atoms with Gasteiger partial charge in [0.1, 0.15) is 0 Å². The molecule has 0 N–H and O–H groups in total. The van der Waals surface area contributed by atoms with Crippen molar-refractivity contribution in [1.29, 1.82) is 0 Å². The minimum Gasteiger partial charge on any atom is -0.465 e. The van der Waals surface area contributed by atoms with Gasteiger partial charge in [-0.15, -0.1) is 24.0 Å². The van der Waals surface area contributed by atoms with Gasteiger partial charge < -0.3 is 4.74 Å². The highest BCUT2D eigenvalue weighted by atomic mass is 35.5. The van der Waals surface area contributed by atoms with Gasteiger partial charge in [-0.05, 0) is 18.6 Å². The zero-order valence-electron chi connectivity index (χ0n) is 7.91. The van der Waals surface area contributed by atoms with Crippen LogP contribution in [-0.2, 0) is 10.6 Å². The molecule has 0 unspecified atom stereocenters. The lowest BCUT2D eigenvalue weighted by atomic mass is 10.1. The van der Waals surface area contributed by atoms with Gasteiger partial charge in [-0.3, -0.25) is 4.98 Å². The predicted octanol–water partition coefficient (Wildman–Crippen LogP) is 2.34. The number of hydrogen-bond donors (Lipinski definition) is 0. The third-order valence-electron chi connectivity index (χ3n) is 1.64.